The molecule has 3 N–H and O–H groups in total. The summed E-state index contributed by atoms with van der Waals surface area (Å²) in [5.74, 6) is -1.92. The van der Waals surface area contributed by atoms with Gasteiger partial charge < -0.3 is 15.2 Å². The largest absolute Gasteiger partial charge is 0.480 e. The maximum absolute atomic E-state index is 12.9. The van der Waals surface area contributed by atoms with Gasteiger partial charge in [0, 0.05) is 19.2 Å². The van der Waals surface area contributed by atoms with E-state index in [-0.39, 0.29) is 36.7 Å². The summed E-state index contributed by atoms with van der Waals surface area (Å²) in [5, 5.41) is 18.9. The Kier molecular flexibility index (Phi) is 6.59. The highest BCUT2D eigenvalue weighted by atomic mass is 16.5. The number of aliphatic carboxylic acids is 1. The summed E-state index contributed by atoms with van der Waals surface area (Å²) in [6, 6.07) is 16.1. The second-order valence-electron chi connectivity index (χ2n) is 8.56. The number of rotatable bonds is 8. The molecule has 9 nitrogen and oxygen atoms in total. The van der Waals surface area contributed by atoms with Gasteiger partial charge in [0.15, 0.2) is 5.69 Å². The van der Waals surface area contributed by atoms with Crippen LogP contribution in [0.3, 0.4) is 0 Å². The minimum Gasteiger partial charge on any atom is -0.480 e. The van der Waals surface area contributed by atoms with Crippen LogP contribution in [0.5, 0.6) is 0 Å². The molecule has 0 aliphatic heterocycles. The molecule has 0 saturated heterocycles. The number of nitrogens with one attached hydrogen (secondary N) is 2. The Morgan fingerprint density at radius 1 is 1.03 bits per heavy atom. The molecule has 1 aliphatic rings. The number of aryl methyl sites for hydroxylation is 1. The summed E-state index contributed by atoms with van der Waals surface area (Å²) in [6.45, 7) is 3.49. The number of anilines is 1. The number of carbonyl (C=O) groups excluding carboxylic acids is 2. The van der Waals surface area contributed by atoms with Gasteiger partial charge in [-0.15, -0.1) is 0 Å². The van der Waals surface area contributed by atoms with Gasteiger partial charge in [-0.2, -0.15) is 5.10 Å². The number of hydrogen-bond acceptors (Lipinski definition) is 5. The van der Waals surface area contributed by atoms with Crippen molar-refractivity contribution >= 4 is 23.7 Å². The van der Waals surface area contributed by atoms with Gasteiger partial charge in [-0.3, -0.25) is 14.8 Å². The average Bonchev–Trinajstić information content (AvgIpc) is 3.38. The second kappa shape index (κ2) is 9.61. The van der Waals surface area contributed by atoms with Crippen molar-refractivity contribution in [2.45, 2.75) is 38.1 Å². The van der Waals surface area contributed by atoms with Gasteiger partial charge >= 0.3 is 12.1 Å². The third-order valence-corrected chi connectivity index (χ3v) is 6.59. The van der Waals surface area contributed by atoms with Crippen molar-refractivity contribution in [3.8, 4) is 11.1 Å². The molecule has 1 aromatic heterocycles. The predicted octanol–water partition coefficient (Wildman–Crippen LogP) is 4.15. The van der Waals surface area contributed by atoms with Gasteiger partial charge in [0.1, 0.15) is 12.1 Å². The fourth-order valence-electron chi connectivity index (χ4n) is 4.55. The first-order valence-corrected chi connectivity index (χ1v) is 11.5. The Morgan fingerprint density at radius 2 is 1.60 bits per heavy atom. The second-order valence-corrected chi connectivity index (χ2v) is 8.56. The van der Waals surface area contributed by atoms with Crippen LogP contribution in [-0.2, 0) is 16.6 Å². The normalized spacial score (nSPS) is 12.5. The molecule has 1 aliphatic carbocycles. The first-order chi connectivity index (χ1) is 16.8. The molecule has 0 fully saturated rings. The molecular weight excluding hydrogens is 448 g/mol. The zero-order valence-corrected chi connectivity index (χ0v) is 19.9. The van der Waals surface area contributed by atoms with E-state index in [2.05, 4.69) is 27.9 Å². The number of carbonyl (C=O) groups is 3. The maximum Gasteiger partial charge on any atom is 0.411 e. The van der Waals surface area contributed by atoms with Gasteiger partial charge in [-0.05, 0) is 35.1 Å². The third kappa shape index (κ3) is 4.49. The van der Waals surface area contributed by atoms with E-state index in [1.54, 1.807) is 20.9 Å². The highest BCUT2D eigenvalue weighted by Crippen LogP contribution is 2.44. The van der Waals surface area contributed by atoms with Gasteiger partial charge in [0.05, 0.1) is 5.69 Å². The molecule has 2 aromatic carbocycles. The van der Waals surface area contributed by atoms with E-state index in [0.29, 0.717) is 0 Å². The first kappa shape index (κ1) is 24.0. The monoisotopic (exact) mass is 476 g/mol. The van der Waals surface area contributed by atoms with Crippen LogP contribution < -0.4 is 10.6 Å². The highest BCUT2D eigenvalue weighted by Gasteiger charge is 2.38. The summed E-state index contributed by atoms with van der Waals surface area (Å²) in [4.78, 5) is 37.4. The van der Waals surface area contributed by atoms with Crippen LogP contribution >= 0.6 is 0 Å². The Bertz CT molecular complexity index is 1230. The topological polar surface area (TPSA) is 123 Å². The molecule has 3 aromatic rings. The Balaban J connectivity index is 1.47. The molecule has 9 heteroatoms. The molecule has 0 spiro atoms. The maximum atomic E-state index is 12.9. The smallest absolute Gasteiger partial charge is 0.411 e. The minimum absolute atomic E-state index is 0.0893. The zero-order valence-electron chi connectivity index (χ0n) is 19.9. The van der Waals surface area contributed by atoms with Crippen LogP contribution in [0.25, 0.3) is 11.1 Å². The van der Waals surface area contributed by atoms with E-state index in [0.717, 1.165) is 22.3 Å². The van der Waals surface area contributed by atoms with E-state index >= 15 is 0 Å². The average molecular weight is 477 g/mol. The number of fused-ring (bicyclic) bond motifs is 3. The predicted molar refractivity (Wildman–Crippen MR) is 130 cm³/mol. The van der Waals surface area contributed by atoms with Crippen molar-refractivity contribution in [3.05, 3.63) is 71.5 Å². The number of aromatic nitrogens is 2. The minimum atomic E-state index is -1.42. The molecule has 0 bridgehead atoms. The van der Waals surface area contributed by atoms with Gasteiger partial charge in [0.2, 0.25) is 0 Å². The molecule has 4 rings (SSSR count). The molecule has 0 atom stereocenters. The fourth-order valence-corrected chi connectivity index (χ4v) is 4.55. The molecule has 0 unspecified atom stereocenters. The van der Waals surface area contributed by atoms with Crippen molar-refractivity contribution in [1.29, 1.82) is 0 Å². The highest BCUT2D eigenvalue weighted by molar-refractivity contribution is 6.03. The number of carboxylic acids is 1. The van der Waals surface area contributed by atoms with Crippen molar-refractivity contribution in [1.82, 2.24) is 15.1 Å². The lowest BCUT2D eigenvalue weighted by Crippen LogP contribution is -2.53. The van der Waals surface area contributed by atoms with Crippen molar-refractivity contribution < 1.29 is 24.2 Å². The van der Waals surface area contributed by atoms with E-state index in [4.69, 9.17) is 4.74 Å². The van der Waals surface area contributed by atoms with E-state index < -0.39 is 23.5 Å². The van der Waals surface area contributed by atoms with E-state index in [1.165, 1.54) is 10.9 Å². The fraction of sp³-hybridized carbons (Fsp3) is 0.308. The number of ether oxygens (including phenoxy) is 1. The van der Waals surface area contributed by atoms with Gasteiger partial charge in [0.25, 0.3) is 5.91 Å². The van der Waals surface area contributed by atoms with Crippen molar-refractivity contribution in [2.24, 2.45) is 7.05 Å². The lowest BCUT2D eigenvalue weighted by atomic mass is 9.92. The zero-order chi connectivity index (χ0) is 25.2. The van der Waals surface area contributed by atoms with Gasteiger partial charge in [-0.25, -0.2) is 9.59 Å². The van der Waals surface area contributed by atoms with E-state index in [9.17, 15) is 19.5 Å². The summed E-state index contributed by atoms with van der Waals surface area (Å²) in [6.07, 6.45) is 1.14. The lowest BCUT2D eigenvalue weighted by molar-refractivity contribution is -0.144. The van der Waals surface area contributed by atoms with Crippen LogP contribution in [0, 0.1) is 0 Å². The standard InChI is InChI=1S/C26H28N4O5/c1-4-26(5-2,24(32)33)28-23(31)22-21(14-30(3)29-22)27-25(34)35-15-20-18-12-8-6-10-16(18)17-11-7-9-13-19(17)20/h6-14,20H,4-5,15H2,1-3H3,(H,27,34)(H,28,31)(H,32,33). The van der Waals surface area contributed by atoms with Crippen LogP contribution in [0.2, 0.25) is 0 Å². The van der Waals surface area contributed by atoms with Crippen LogP contribution in [-0.4, -0.2) is 45.0 Å². The molecule has 0 saturated carbocycles. The molecular formula is C26H28N4O5. The van der Waals surface area contributed by atoms with E-state index in [1.807, 2.05) is 36.4 Å². The molecule has 0 radical (unpaired) electrons. The number of nitrogens with zero attached hydrogens (tertiary/aromatic N) is 2. The lowest BCUT2D eigenvalue weighted by Gasteiger charge is -2.27. The summed E-state index contributed by atoms with van der Waals surface area (Å²) in [5.41, 5.74) is 3.05. The van der Waals surface area contributed by atoms with Crippen LogP contribution in [0.15, 0.2) is 54.7 Å². The number of benzene rings is 2. The number of hydrogen-bond donors (Lipinski definition) is 3. The quantitative estimate of drug-likeness (QED) is 0.449. The van der Waals surface area contributed by atoms with Crippen LogP contribution in [0.1, 0.15) is 54.2 Å². The summed E-state index contributed by atoms with van der Waals surface area (Å²) < 4.78 is 6.93. The van der Waals surface area contributed by atoms with Crippen LogP contribution in [0.4, 0.5) is 10.5 Å². The Hall–Kier alpha value is -4.14. The van der Waals surface area contributed by atoms with Crippen molar-refractivity contribution in [3.63, 3.8) is 0 Å². The first-order valence-electron chi connectivity index (χ1n) is 11.5. The Labute approximate surface area is 203 Å². The SMILES string of the molecule is CCC(CC)(NC(=O)c1nn(C)cc1NC(=O)OCC1c2ccccc2-c2ccccc21)C(=O)O. The van der Waals surface area contributed by atoms with Gasteiger partial charge in [-0.1, -0.05) is 62.4 Å². The van der Waals surface area contributed by atoms with Crippen molar-refractivity contribution in [2.75, 3.05) is 11.9 Å². The molecule has 35 heavy (non-hydrogen) atoms. The number of amides is 2. The Morgan fingerprint density at radius 3 is 2.14 bits per heavy atom. The molecule has 182 valence electrons. The number of carboxylic acid groups (broad SMARTS) is 1. The summed E-state index contributed by atoms with van der Waals surface area (Å²) in [7, 11) is 1.60. The molecule has 2 amide bonds. The summed E-state index contributed by atoms with van der Waals surface area (Å²) >= 11 is 0. The molecule has 1 heterocycles. The third-order valence-electron chi connectivity index (χ3n) is 6.59.